The van der Waals surface area contributed by atoms with Crippen molar-refractivity contribution in [3.8, 4) is 0 Å². The van der Waals surface area contributed by atoms with Gasteiger partial charge in [-0.3, -0.25) is 15.4 Å². The molecule has 0 fully saturated rings. The van der Waals surface area contributed by atoms with Crippen molar-refractivity contribution in [1.82, 2.24) is 10.2 Å². The zero-order valence-corrected chi connectivity index (χ0v) is 13.4. The van der Waals surface area contributed by atoms with Gasteiger partial charge in [0.15, 0.2) is 0 Å². The monoisotopic (exact) mass is 335 g/mol. The smallest absolute Gasteiger partial charge is 0.308 e. The minimum atomic E-state index is -0.495. The number of nitrogens with one attached hydrogen (secondary N) is 2. The molecule has 0 unspecified atom stereocenters. The molecule has 8 nitrogen and oxygen atoms in total. The molecule has 0 saturated carbocycles. The van der Waals surface area contributed by atoms with Crippen molar-refractivity contribution in [3.05, 3.63) is 39.4 Å². The predicted molar refractivity (Wildman–Crippen MR) is 88.9 cm³/mol. The first kappa shape index (κ1) is 16.8. The van der Waals surface area contributed by atoms with Crippen LogP contribution in [0.1, 0.15) is 31.2 Å². The molecule has 0 radical (unpaired) electrons. The molecule has 9 heteroatoms. The highest BCUT2D eigenvalue weighted by Crippen LogP contribution is 2.19. The molecule has 2 rings (SSSR count). The summed E-state index contributed by atoms with van der Waals surface area (Å²) >= 11 is 1.35. The topological polar surface area (TPSA) is 110 Å². The molecule has 2 amide bonds. The van der Waals surface area contributed by atoms with E-state index in [0.717, 1.165) is 30.7 Å². The number of rotatable bonds is 7. The lowest BCUT2D eigenvalue weighted by Gasteiger charge is -2.04. The molecule has 1 heterocycles. The van der Waals surface area contributed by atoms with E-state index >= 15 is 0 Å². The molecular formula is C14H17N5O3S. The van der Waals surface area contributed by atoms with Crippen LogP contribution < -0.4 is 10.6 Å². The van der Waals surface area contributed by atoms with E-state index < -0.39 is 11.0 Å². The molecule has 0 spiro atoms. The van der Waals surface area contributed by atoms with Gasteiger partial charge in [0.1, 0.15) is 5.01 Å². The Morgan fingerprint density at radius 3 is 2.61 bits per heavy atom. The lowest BCUT2D eigenvalue weighted by atomic mass is 10.2. The standard InChI is InChI=1S/C14H17N5O3S/c1-2-3-4-5-12-17-18-14(23-12)16-13(20)15-10-6-8-11(9-7-10)19(21)22/h6-9H,2-5H2,1H3,(H2,15,16,18,20). The van der Waals surface area contributed by atoms with Crippen molar-refractivity contribution in [2.75, 3.05) is 10.6 Å². The average molecular weight is 335 g/mol. The van der Waals surface area contributed by atoms with Crippen LogP contribution >= 0.6 is 11.3 Å². The molecule has 122 valence electrons. The fraction of sp³-hybridized carbons (Fsp3) is 0.357. The van der Waals surface area contributed by atoms with Crippen LogP contribution in [0.4, 0.5) is 21.3 Å². The van der Waals surface area contributed by atoms with Crippen LogP contribution in [0.3, 0.4) is 0 Å². The van der Waals surface area contributed by atoms with Gasteiger partial charge in [-0.2, -0.15) is 0 Å². The van der Waals surface area contributed by atoms with Gasteiger partial charge in [-0.05, 0) is 18.6 Å². The molecule has 23 heavy (non-hydrogen) atoms. The highest BCUT2D eigenvalue weighted by Gasteiger charge is 2.09. The Bertz CT molecular complexity index is 671. The maximum atomic E-state index is 11.9. The molecular weight excluding hydrogens is 318 g/mol. The van der Waals surface area contributed by atoms with E-state index in [1.165, 1.54) is 35.6 Å². The highest BCUT2D eigenvalue weighted by atomic mass is 32.1. The van der Waals surface area contributed by atoms with E-state index in [0.29, 0.717) is 10.8 Å². The third kappa shape index (κ3) is 5.29. The Morgan fingerprint density at radius 2 is 1.96 bits per heavy atom. The second-order valence-electron chi connectivity index (χ2n) is 4.84. The van der Waals surface area contributed by atoms with Crippen LogP contribution in [0, 0.1) is 10.1 Å². The molecule has 0 bridgehead atoms. The van der Waals surface area contributed by atoms with Gasteiger partial charge >= 0.3 is 6.03 Å². The number of aryl methyl sites for hydroxylation is 1. The number of nitro groups is 1. The van der Waals surface area contributed by atoms with Gasteiger partial charge in [0, 0.05) is 24.2 Å². The molecule has 1 aromatic carbocycles. The minimum absolute atomic E-state index is 0.0307. The second kappa shape index (κ2) is 8.18. The first-order valence-electron chi connectivity index (χ1n) is 7.23. The fourth-order valence-electron chi connectivity index (χ4n) is 1.86. The second-order valence-corrected chi connectivity index (χ2v) is 5.90. The molecule has 0 aliphatic rings. The van der Waals surface area contributed by atoms with E-state index in [1.54, 1.807) is 0 Å². The van der Waals surface area contributed by atoms with Crippen LogP contribution in [-0.4, -0.2) is 21.2 Å². The lowest BCUT2D eigenvalue weighted by molar-refractivity contribution is -0.384. The van der Waals surface area contributed by atoms with Crippen molar-refractivity contribution in [2.24, 2.45) is 0 Å². The van der Waals surface area contributed by atoms with Crippen LogP contribution in [0.25, 0.3) is 0 Å². The van der Waals surface area contributed by atoms with Crippen LogP contribution in [-0.2, 0) is 6.42 Å². The maximum absolute atomic E-state index is 11.9. The highest BCUT2D eigenvalue weighted by molar-refractivity contribution is 7.15. The number of carbonyl (C=O) groups is 1. The summed E-state index contributed by atoms with van der Waals surface area (Å²) in [7, 11) is 0. The third-order valence-corrected chi connectivity index (χ3v) is 3.92. The van der Waals surface area contributed by atoms with E-state index in [9.17, 15) is 14.9 Å². The summed E-state index contributed by atoms with van der Waals surface area (Å²) in [6, 6.07) is 5.12. The number of unbranched alkanes of at least 4 members (excludes halogenated alkanes) is 2. The van der Waals surface area contributed by atoms with E-state index in [4.69, 9.17) is 0 Å². The van der Waals surface area contributed by atoms with Crippen molar-refractivity contribution >= 4 is 33.9 Å². The molecule has 0 saturated heterocycles. The number of nitro benzene ring substituents is 1. The van der Waals surface area contributed by atoms with Crippen molar-refractivity contribution in [2.45, 2.75) is 32.6 Å². The van der Waals surface area contributed by atoms with Gasteiger partial charge < -0.3 is 5.32 Å². The number of benzene rings is 1. The van der Waals surface area contributed by atoms with Crippen molar-refractivity contribution < 1.29 is 9.72 Å². The van der Waals surface area contributed by atoms with Gasteiger partial charge in [-0.1, -0.05) is 31.1 Å². The van der Waals surface area contributed by atoms with Crippen LogP contribution in [0.15, 0.2) is 24.3 Å². The summed E-state index contributed by atoms with van der Waals surface area (Å²) in [6.45, 7) is 2.13. The normalized spacial score (nSPS) is 10.3. The summed E-state index contributed by atoms with van der Waals surface area (Å²) in [4.78, 5) is 21.9. The van der Waals surface area contributed by atoms with Gasteiger partial charge in [-0.25, -0.2) is 4.79 Å². The number of hydrogen-bond acceptors (Lipinski definition) is 6. The minimum Gasteiger partial charge on any atom is -0.308 e. The molecule has 0 aliphatic carbocycles. The van der Waals surface area contributed by atoms with E-state index in [1.807, 2.05) is 0 Å². The summed E-state index contributed by atoms with van der Waals surface area (Å²) in [6.07, 6.45) is 4.20. The Hall–Kier alpha value is -2.55. The van der Waals surface area contributed by atoms with Crippen molar-refractivity contribution in [1.29, 1.82) is 0 Å². The lowest BCUT2D eigenvalue weighted by Crippen LogP contribution is -2.19. The van der Waals surface area contributed by atoms with Crippen LogP contribution in [0.2, 0.25) is 0 Å². The Morgan fingerprint density at radius 1 is 1.22 bits per heavy atom. The van der Waals surface area contributed by atoms with Crippen LogP contribution in [0.5, 0.6) is 0 Å². The SMILES string of the molecule is CCCCCc1nnc(NC(=O)Nc2ccc([N+](=O)[O-])cc2)s1. The zero-order valence-electron chi connectivity index (χ0n) is 12.6. The number of carbonyl (C=O) groups excluding carboxylic acids is 1. The first-order chi connectivity index (χ1) is 11.1. The maximum Gasteiger partial charge on any atom is 0.325 e. The number of urea groups is 1. The number of amides is 2. The number of non-ortho nitro benzene ring substituents is 1. The zero-order chi connectivity index (χ0) is 16.7. The van der Waals surface area contributed by atoms with Gasteiger partial charge in [-0.15, -0.1) is 10.2 Å². The largest absolute Gasteiger partial charge is 0.325 e. The van der Waals surface area contributed by atoms with Crippen molar-refractivity contribution in [3.63, 3.8) is 0 Å². The Kier molecular flexibility index (Phi) is 5.98. The Labute approximate surface area is 137 Å². The van der Waals surface area contributed by atoms with Gasteiger partial charge in [0.25, 0.3) is 5.69 Å². The molecule has 0 atom stereocenters. The number of hydrogen-bond donors (Lipinski definition) is 2. The molecule has 2 N–H and O–H groups in total. The quantitative estimate of drug-likeness (QED) is 0.454. The summed E-state index contributed by atoms with van der Waals surface area (Å²) in [5.41, 5.74) is 0.428. The molecule has 1 aromatic heterocycles. The Balaban J connectivity index is 1.85. The summed E-state index contributed by atoms with van der Waals surface area (Å²) < 4.78 is 0. The van der Waals surface area contributed by atoms with Gasteiger partial charge in [0.05, 0.1) is 4.92 Å². The number of anilines is 2. The predicted octanol–water partition coefficient (Wildman–Crippen LogP) is 3.82. The summed E-state index contributed by atoms with van der Waals surface area (Å²) in [5.74, 6) is 0. The first-order valence-corrected chi connectivity index (χ1v) is 8.05. The average Bonchev–Trinajstić information content (AvgIpc) is 2.95. The third-order valence-electron chi connectivity index (χ3n) is 3.02. The number of nitrogens with zero attached hydrogens (tertiary/aromatic N) is 3. The van der Waals surface area contributed by atoms with E-state index in [2.05, 4.69) is 27.8 Å². The number of aromatic nitrogens is 2. The molecule has 2 aromatic rings. The van der Waals surface area contributed by atoms with E-state index in [-0.39, 0.29) is 5.69 Å². The summed E-state index contributed by atoms with van der Waals surface area (Å²) in [5, 5.41) is 25.0. The fourth-order valence-corrected chi connectivity index (χ4v) is 2.63. The molecule has 0 aliphatic heterocycles. The van der Waals surface area contributed by atoms with Gasteiger partial charge in [0.2, 0.25) is 5.13 Å².